The van der Waals surface area contributed by atoms with Crippen LogP contribution < -0.4 is 0 Å². The molecule has 2 rings (SSSR count). The van der Waals surface area contributed by atoms with E-state index in [9.17, 15) is 5.11 Å². The average molecular weight is 281 g/mol. The molecule has 2 aromatic rings. The van der Waals surface area contributed by atoms with Gasteiger partial charge in [0.25, 0.3) is 0 Å². The van der Waals surface area contributed by atoms with Crippen molar-refractivity contribution in [2.45, 2.75) is 18.9 Å². The first-order valence-corrected chi connectivity index (χ1v) is 5.98. The van der Waals surface area contributed by atoms with Crippen molar-refractivity contribution in [3.63, 3.8) is 0 Å². The Kier molecular flexibility index (Phi) is 3.80. The van der Waals surface area contributed by atoms with Crippen LogP contribution >= 0.6 is 15.9 Å². The predicted molar refractivity (Wildman–Crippen MR) is 66.3 cm³/mol. The van der Waals surface area contributed by atoms with Gasteiger partial charge in [0.1, 0.15) is 5.76 Å². The van der Waals surface area contributed by atoms with Crippen LogP contribution in [0.5, 0.6) is 0 Å². The molecule has 3 heteroatoms. The van der Waals surface area contributed by atoms with E-state index >= 15 is 0 Å². The molecular formula is C13H13BrO2. The average Bonchev–Trinajstić information content (AvgIpc) is 2.70. The van der Waals surface area contributed by atoms with Gasteiger partial charge in [-0.15, -0.1) is 0 Å². The van der Waals surface area contributed by atoms with E-state index in [0.29, 0.717) is 12.8 Å². The van der Waals surface area contributed by atoms with Crippen LogP contribution in [0.15, 0.2) is 51.6 Å². The Morgan fingerprint density at radius 2 is 2.06 bits per heavy atom. The number of rotatable bonds is 4. The maximum atomic E-state index is 9.89. The van der Waals surface area contributed by atoms with Crippen molar-refractivity contribution in [2.24, 2.45) is 0 Å². The van der Waals surface area contributed by atoms with Gasteiger partial charge in [-0.25, -0.2) is 0 Å². The fourth-order valence-electron chi connectivity index (χ4n) is 1.67. The topological polar surface area (TPSA) is 33.4 Å². The summed E-state index contributed by atoms with van der Waals surface area (Å²) >= 11 is 3.41. The molecule has 84 valence electrons. The summed E-state index contributed by atoms with van der Waals surface area (Å²) in [6.45, 7) is 0. The summed E-state index contributed by atoms with van der Waals surface area (Å²) in [4.78, 5) is 0. The van der Waals surface area contributed by atoms with Crippen LogP contribution in [0.2, 0.25) is 0 Å². The zero-order valence-corrected chi connectivity index (χ0v) is 10.4. The van der Waals surface area contributed by atoms with Crippen LogP contribution in [-0.4, -0.2) is 11.2 Å². The van der Waals surface area contributed by atoms with Crippen molar-refractivity contribution >= 4 is 15.9 Å². The first-order valence-electron chi connectivity index (χ1n) is 5.19. The van der Waals surface area contributed by atoms with Gasteiger partial charge in [-0.2, -0.15) is 0 Å². The van der Waals surface area contributed by atoms with E-state index in [1.54, 1.807) is 6.26 Å². The van der Waals surface area contributed by atoms with Crippen LogP contribution in [0.25, 0.3) is 0 Å². The van der Waals surface area contributed by atoms with Crippen LogP contribution in [0.1, 0.15) is 11.3 Å². The molecule has 0 fully saturated rings. The van der Waals surface area contributed by atoms with Crippen molar-refractivity contribution in [1.82, 2.24) is 0 Å². The van der Waals surface area contributed by atoms with E-state index in [1.165, 1.54) is 0 Å². The number of aliphatic hydroxyl groups excluding tert-OH is 1. The molecule has 0 aliphatic heterocycles. The van der Waals surface area contributed by atoms with Crippen molar-refractivity contribution in [1.29, 1.82) is 0 Å². The molecule has 0 radical (unpaired) electrons. The van der Waals surface area contributed by atoms with E-state index < -0.39 is 6.10 Å². The highest BCUT2D eigenvalue weighted by Gasteiger charge is 2.08. The lowest BCUT2D eigenvalue weighted by molar-refractivity contribution is 0.168. The number of furan rings is 1. The molecule has 1 aromatic carbocycles. The second-order valence-electron chi connectivity index (χ2n) is 3.77. The van der Waals surface area contributed by atoms with Crippen molar-refractivity contribution in [3.8, 4) is 0 Å². The Labute approximate surface area is 103 Å². The number of hydrogen-bond acceptors (Lipinski definition) is 2. The fourth-order valence-corrected chi connectivity index (χ4v) is 2.12. The second-order valence-corrected chi connectivity index (χ2v) is 4.69. The summed E-state index contributed by atoms with van der Waals surface area (Å²) in [5, 5.41) is 9.89. The molecule has 0 aliphatic carbocycles. The second kappa shape index (κ2) is 5.32. The standard InChI is InChI=1S/C13H13BrO2/c14-11-4-1-3-10(7-11)8-12(15)9-13-5-2-6-16-13/h1-7,12,15H,8-9H2. The first kappa shape index (κ1) is 11.4. The van der Waals surface area contributed by atoms with Gasteiger partial charge in [0.15, 0.2) is 0 Å². The number of benzene rings is 1. The third kappa shape index (κ3) is 3.22. The molecule has 0 saturated heterocycles. The number of hydrogen-bond donors (Lipinski definition) is 1. The van der Waals surface area contributed by atoms with Gasteiger partial charge < -0.3 is 9.52 Å². The minimum Gasteiger partial charge on any atom is -0.469 e. The van der Waals surface area contributed by atoms with Crippen LogP contribution in [0, 0.1) is 0 Å². The maximum absolute atomic E-state index is 9.89. The van der Waals surface area contributed by atoms with Crippen molar-refractivity contribution in [3.05, 3.63) is 58.5 Å². The lowest BCUT2D eigenvalue weighted by atomic mass is 10.1. The Balaban J connectivity index is 1.94. The number of halogens is 1. The van der Waals surface area contributed by atoms with Crippen LogP contribution in [0.3, 0.4) is 0 Å². The van der Waals surface area contributed by atoms with Crippen molar-refractivity contribution < 1.29 is 9.52 Å². The van der Waals surface area contributed by atoms with E-state index in [0.717, 1.165) is 15.8 Å². The molecule has 1 aromatic heterocycles. The van der Waals surface area contributed by atoms with Crippen LogP contribution in [0.4, 0.5) is 0 Å². The molecule has 16 heavy (non-hydrogen) atoms. The summed E-state index contributed by atoms with van der Waals surface area (Å²) in [6.07, 6.45) is 2.42. The lowest BCUT2D eigenvalue weighted by Crippen LogP contribution is -2.13. The molecule has 2 nitrogen and oxygen atoms in total. The largest absolute Gasteiger partial charge is 0.469 e. The van der Waals surface area contributed by atoms with Gasteiger partial charge in [0.05, 0.1) is 12.4 Å². The quantitative estimate of drug-likeness (QED) is 0.933. The summed E-state index contributed by atoms with van der Waals surface area (Å²) in [7, 11) is 0. The van der Waals surface area contributed by atoms with E-state index in [1.807, 2.05) is 36.4 Å². The minimum atomic E-state index is -0.402. The monoisotopic (exact) mass is 280 g/mol. The molecule has 1 atom stereocenters. The molecule has 1 unspecified atom stereocenters. The normalized spacial score (nSPS) is 12.6. The molecule has 1 heterocycles. The summed E-state index contributed by atoms with van der Waals surface area (Å²) in [6, 6.07) is 11.7. The molecule has 0 aliphatic rings. The Morgan fingerprint density at radius 3 is 2.75 bits per heavy atom. The zero-order valence-electron chi connectivity index (χ0n) is 8.77. The molecule has 0 amide bonds. The Morgan fingerprint density at radius 1 is 1.19 bits per heavy atom. The maximum Gasteiger partial charge on any atom is 0.106 e. The van der Waals surface area contributed by atoms with E-state index in [4.69, 9.17) is 4.42 Å². The first-order chi connectivity index (χ1) is 7.74. The van der Waals surface area contributed by atoms with E-state index in [2.05, 4.69) is 15.9 Å². The molecule has 0 spiro atoms. The SMILES string of the molecule is OC(Cc1cccc(Br)c1)Cc1ccco1. The van der Waals surface area contributed by atoms with Gasteiger partial charge in [-0.1, -0.05) is 28.1 Å². The lowest BCUT2D eigenvalue weighted by Gasteiger charge is -2.09. The van der Waals surface area contributed by atoms with Gasteiger partial charge in [0, 0.05) is 10.9 Å². The third-order valence-corrected chi connectivity index (χ3v) is 2.87. The molecule has 0 bridgehead atoms. The smallest absolute Gasteiger partial charge is 0.106 e. The number of aliphatic hydroxyl groups is 1. The van der Waals surface area contributed by atoms with E-state index in [-0.39, 0.29) is 0 Å². The Hall–Kier alpha value is -1.06. The minimum absolute atomic E-state index is 0.402. The van der Waals surface area contributed by atoms with Gasteiger partial charge in [-0.05, 0) is 36.2 Å². The fraction of sp³-hybridized carbons (Fsp3) is 0.231. The van der Waals surface area contributed by atoms with Gasteiger partial charge in [-0.3, -0.25) is 0 Å². The van der Waals surface area contributed by atoms with Gasteiger partial charge in [0.2, 0.25) is 0 Å². The highest BCUT2D eigenvalue weighted by atomic mass is 79.9. The summed E-state index contributed by atoms with van der Waals surface area (Å²) < 4.78 is 6.23. The Bertz CT molecular complexity index is 437. The van der Waals surface area contributed by atoms with Gasteiger partial charge >= 0.3 is 0 Å². The molecular weight excluding hydrogens is 268 g/mol. The highest BCUT2D eigenvalue weighted by molar-refractivity contribution is 9.10. The highest BCUT2D eigenvalue weighted by Crippen LogP contribution is 2.14. The zero-order chi connectivity index (χ0) is 11.4. The summed E-state index contributed by atoms with van der Waals surface area (Å²) in [5.41, 5.74) is 1.12. The molecule has 0 saturated carbocycles. The third-order valence-electron chi connectivity index (χ3n) is 2.38. The van der Waals surface area contributed by atoms with Crippen LogP contribution in [-0.2, 0) is 12.8 Å². The molecule has 1 N–H and O–H groups in total. The predicted octanol–water partition coefficient (Wildman–Crippen LogP) is 3.19. The summed E-state index contributed by atoms with van der Waals surface area (Å²) in [5.74, 6) is 0.822. The van der Waals surface area contributed by atoms with Crippen molar-refractivity contribution in [2.75, 3.05) is 0 Å².